The predicted octanol–water partition coefficient (Wildman–Crippen LogP) is 2.53. The summed E-state index contributed by atoms with van der Waals surface area (Å²) in [6.45, 7) is 0.551. The second-order valence-electron chi connectivity index (χ2n) is 4.58. The van der Waals surface area contributed by atoms with E-state index in [-0.39, 0.29) is 5.41 Å². The molecule has 2 rings (SSSR count). The number of hydrogen-bond donors (Lipinski definition) is 1. The van der Waals surface area contributed by atoms with Gasteiger partial charge in [0.05, 0.1) is 4.90 Å². The lowest BCUT2D eigenvalue weighted by Crippen LogP contribution is -2.30. The third-order valence-electron chi connectivity index (χ3n) is 3.27. The van der Waals surface area contributed by atoms with E-state index in [1.165, 1.54) is 0 Å². The standard InChI is InChI=1S/C12H16BrNO2S/c13-9-8-12(6-7-12)10-14-17(15,16)11-4-2-1-3-5-11/h1-5,14H,6-10H2. The van der Waals surface area contributed by atoms with Crippen molar-refractivity contribution in [1.29, 1.82) is 0 Å². The maximum absolute atomic E-state index is 12.0. The maximum atomic E-state index is 12.0. The van der Waals surface area contributed by atoms with Gasteiger partial charge in [-0.25, -0.2) is 13.1 Å². The van der Waals surface area contributed by atoms with Crippen molar-refractivity contribution >= 4 is 26.0 Å². The summed E-state index contributed by atoms with van der Waals surface area (Å²) in [5, 5.41) is 0.931. The smallest absolute Gasteiger partial charge is 0.211 e. The van der Waals surface area contributed by atoms with E-state index < -0.39 is 10.0 Å². The van der Waals surface area contributed by atoms with E-state index in [1.807, 2.05) is 6.07 Å². The fourth-order valence-corrected chi connectivity index (χ4v) is 3.84. The molecular formula is C12H16BrNO2S. The lowest BCUT2D eigenvalue weighted by Gasteiger charge is -2.14. The van der Waals surface area contributed by atoms with Gasteiger partial charge in [-0.1, -0.05) is 34.1 Å². The van der Waals surface area contributed by atoms with Gasteiger partial charge in [0.2, 0.25) is 10.0 Å². The number of benzene rings is 1. The van der Waals surface area contributed by atoms with Gasteiger partial charge < -0.3 is 0 Å². The first kappa shape index (κ1) is 13.1. The van der Waals surface area contributed by atoms with Gasteiger partial charge in [0.15, 0.2) is 0 Å². The molecule has 3 nitrogen and oxygen atoms in total. The molecule has 94 valence electrons. The average Bonchev–Trinajstić information content (AvgIpc) is 3.09. The van der Waals surface area contributed by atoms with Crippen molar-refractivity contribution in [2.24, 2.45) is 5.41 Å². The number of halogens is 1. The van der Waals surface area contributed by atoms with Crippen molar-refractivity contribution in [2.75, 3.05) is 11.9 Å². The molecule has 0 bridgehead atoms. The average molecular weight is 318 g/mol. The highest BCUT2D eigenvalue weighted by molar-refractivity contribution is 9.09. The van der Waals surface area contributed by atoms with Crippen LogP contribution in [0.25, 0.3) is 0 Å². The van der Waals surface area contributed by atoms with Crippen molar-refractivity contribution in [1.82, 2.24) is 4.72 Å². The first-order chi connectivity index (χ1) is 8.08. The molecule has 1 aliphatic rings. The molecule has 1 aromatic rings. The van der Waals surface area contributed by atoms with Crippen molar-refractivity contribution < 1.29 is 8.42 Å². The van der Waals surface area contributed by atoms with E-state index in [0.717, 1.165) is 24.6 Å². The summed E-state index contributed by atoms with van der Waals surface area (Å²) in [7, 11) is -3.34. The summed E-state index contributed by atoms with van der Waals surface area (Å²) >= 11 is 3.41. The number of hydrogen-bond acceptors (Lipinski definition) is 2. The fourth-order valence-electron chi connectivity index (χ4n) is 1.82. The lowest BCUT2D eigenvalue weighted by molar-refractivity contribution is 0.480. The van der Waals surface area contributed by atoms with E-state index in [0.29, 0.717) is 11.4 Å². The van der Waals surface area contributed by atoms with Gasteiger partial charge in [0.25, 0.3) is 0 Å². The van der Waals surface area contributed by atoms with Gasteiger partial charge in [0.1, 0.15) is 0 Å². The molecule has 1 aromatic carbocycles. The molecule has 0 amide bonds. The summed E-state index contributed by atoms with van der Waals surface area (Å²) in [5.41, 5.74) is 0.200. The highest BCUT2D eigenvalue weighted by Gasteiger charge is 2.42. The second-order valence-corrected chi connectivity index (χ2v) is 7.14. The summed E-state index contributed by atoms with van der Waals surface area (Å²) in [6.07, 6.45) is 3.27. The molecule has 0 aliphatic heterocycles. The highest BCUT2D eigenvalue weighted by atomic mass is 79.9. The van der Waals surface area contributed by atoms with E-state index in [9.17, 15) is 8.42 Å². The number of nitrogens with one attached hydrogen (secondary N) is 1. The molecule has 1 fully saturated rings. The molecular weight excluding hydrogens is 302 g/mol. The second kappa shape index (κ2) is 5.08. The Morgan fingerprint density at radius 3 is 2.41 bits per heavy atom. The van der Waals surface area contributed by atoms with Crippen LogP contribution in [-0.2, 0) is 10.0 Å². The molecule has 1 aliphatic carbocycles. The minimum atomic E-state index is -3.34. The van der Waals surface area contributed by atoms with Gasteiger partial charge in [-0.15, -0.1) is 0 Å². The van der Waals surface area contributed by atoms with Crippen LogP contribution in [0.5, 0.6) is 0 Å². The lowest BCUT2D eigenvalue weighted by atomic mass is 10.1. The molecule has 0 atom stereocenters. The van der Waals surface area contributed by atoms with Gasteiger partial charge in [-0.05, 0) is 36.8 Å². The molecule has 0 radical (unpaired) electrons. The van der Waals surface area contributed by atoms with Gasteiger partial charge in [0, 0.05) is 11.9 Å². The molecule has 1 saturated carbocycles. The van der Waals surface area contributed by atoms with Crippen LogP contribution in [0.1, 0.15) is 19.3 Å². The first-order valence-corrected chi connectivity index (χ1v) is 8.29. The van der Waals surface area contributed by atoms with E-state index >= 15 is 0 Å². The van der Waals surface area contributed by atoms with E-state index in [2.05, 4.69) is 20.7 Å². The zero-order valence-corrected chi connectivity index (χ0v) is 11.9. The Bertz CT molecular complexity index is 469. The molecule has 0 aromatic heterocycles. The Labute approximate surface area is 111 Å². The SMILES string of the molecule is O=S(=O)(NCC1(CCBr)CC1)c1ccccc1. The quantitative estimate of drug-likeness (QED) is 0.819. The van der Waals surface area contributed by atoms with E-state index in [1.54, 1.807) is 24.3 Å². The number of alkyl halides is 1. The van der Waals surface area contributed by atoms with Crippen LogP contribution in [0.3, 0.4) is 0 Å². The Kier molecular flexibility index (Phi) is 3.90. The first-order valence-electron chi connectivity index (χ1n) is 5.69. The highest BCUT2D eigenvalue weighted by Crippen LogP contribution is 2.48. The van der Waals surface area contributed by atoms with Crippen molar-refractivity contribution in [3.8, 4) is 0 Å². The van der Waals surface area contributed by atoms with Crippen LogP contribution in [0.2, 0.25) is 0 Å². The molecule has 0 spiro atoms. The van der Waals surface area contributed by atoms with E-state index in [4.69, 9.17) is 0 Å². The molecule has 0 saturated heterocycles. The maximum Gasteiger partial charge on any atom is 0.240 e. The van der Waals surface area contributed by atoms with Crippen LogP contribution < -0.4 is 4.72 Å². The normalized spacial score (nSPS) is 17.9. The predicted molar refractivity (Wildman–Crippen MR) is 71.7 cm³/mol. The Morgan fingerprint density at radius 1 is 1.24 bits per heavy atom. The third kappa shape index (κ3) is 3.30. The number of rotatable bonds is 6. The Hall–Kier alpha value is -0.390. The molecule has 17 heavy (non-hydrogen) atoms. The summed E-state index contributed by atoms with van der Waals surface area (Å²) in [4.78, 5) is 0.342. The van der Waals surface area contributed by atoms with Crippen molar-refractivity contribution in [3.63, 3.8) is 0 Å². The van der Waals surface area contributed by atoms with Crippen LogP contribution >= 0.6 is 15.9 Å². The largest absolute Gasteiger partial charge is 0.240 e. The summed E-state index contributed by atoms with van der Waals surface area (Å²) < 4.78 is 26.7. The van der Waals surface area contributed by atoms with Crippen molar-refractivity contribution in [2.45, 2.75) is 24.2 Å². The minimum absolute atomic E-state index is 0.200. The Balaban J connectivity index is 2.00. The monoisotopic (exact) mass is 317 g/mol. The summed E-state index contributed by atoms with van der Waals surface area (Å²) in [6, 6.07) is 8.52. The molecule has 0 heterocycles. The zero-order chi connectivity index (χ0) is 12.4. The molecule has 1 N–H and O–H groups in total. The van der Waals surface area contributed by atoms with Gasteiger partial charge in [-0.2, -0.15) is 0 Å². The summed E-state index contributed by atoms with van der Waals surface area (Å²) in [5.74, 6) is 0. The van der Waals surface area contributed by atoms with Crippen LogP contribution in [0.4, 0.5) is 0 Å². The topological polar surface area (TPSA) is 46.2 Å². The third-order valence-corrected chi connectivity index (χ3v) is 5.09. The minimum Gasteiger partial charge on any atom is -0.211 e. The Morgan fingerprint density at radius 2 is 1.88 bits per heavy atom. The molecule has 0 unspecified atom stereocenters. The van der Waals surface area contributed by atoms with Gasteiger partial charge >= 0.3 is 0 Å². The zero-order valence-electron chi connectivity index (χ0n) is 9.52. The molecule has 5 heteroatoms. The van der Waals surface area contributed by atoms with Gasteiger partial charge in [-0.3, -0.25) is 0 Å². The fraction of sp³-hybridized carbons (Fsp3) is 0.500. The van der Waals surface area contributed by atoms with Crippen molar-refractivity contribution in [3.05, 3.63) is 30.3 Å². The van der Waals surface area contributed by atoms with Crippen LogP contribution in [0, 0.1) is 5.41 Å². The van der Waals surface area contributed by atoms with Crippen LogP contribution in [0.15, 0.2) is 35.2 Å². The van der Waals surface area contributed by atoms with Crippen LogP contribution in [-0.4, -0.2) is 20.3 Å². The number of sulfonamides is 1.